The Balaban J connectivity index is 1.54. The first kappa shape index (κ1) is 22.2. The van der Waals surface area contributed by atoms with Crippen LogP contribution in [0.2, 0.25) is 0 Å². The topological polar surface area (TPSA) is 111 Å². The number of amides is 1. The van der Waals surface area contributed by atoms with Gasteiger partial charge in [-0.2, -0.15) is 5.26 Å². The molecule has 8 nitrogen and oxygen atoms in total. The van der Waals surface area contributed by atoms with Gasteiger partial charge >= 0.3 is 5.97 Å². The van der Waals surface area contributed by atoms with Gasteiger partial charge in [0.25, 0.3) is 5.91 Å². The Bertz CT molecular complexity index is 1130. The van der Waals surface area contributed by atoms with E-state index in [1.54, 1.807) is 60.7 Å². The number of hydrogen-bond acceptors (Lipinski definition) is 7. The van der Waals surface area contributed by atoms with Gasteiger partial charge in [-0.05, 0) is 48.0 Å². The van der Waals surface area contributed by atoms with E-state index in [0.717, 1.165) is 0 Å². The van der Waals surface area contributed by atoms with E-state index in [1.165, 1.54) is 19.4 Å². The summed E-state index contributed by atoms with van der Waals surface area (Å²) in [5.74, 6) is 0.717. The predicted octanol–water partition coefficient (Wildman–Crippen LogP) is 3.50. The van der Waals surface area contributed by atoms with Crippen LogP contribution in [0.25, 0.3) is 6.08 Å². The summed E-state index contributed by atoms with van der Waals surface area (Å²) >= 11 is 0. The van der Waals surface area contributed by atoms with Gasteiger partial charge in [0.2, 0.25) is 0 Å². The largest absolute Gasteiger partial charge is 0.493 e. The van der Waals surface area contributed by atoms with Crippen molar-refractivity contribution in [3.8, 4) is 23.3 Å². The molecule has 0 aliphatic carbocycles. The lowest BCUT2D eigenvalue weighted by atomic mass is 10.1. The molecular formula is C24H20N2O6. The molecule has 0 fully saturated rings. The lowest BCUT2D eigenvalue weighted by Gasteiger charge is -2.10. The number of esters is 1. The van der Waals surface area contributed by atoms with Crippen molar-refractivity contribution in [2.75, 3.05) is 13.7 Å². The van der Waals surface area contributed by atoms with Gasteiger partial charge in [-0.25, -0.2) is 4.79 Å². The van der Waals surface area contributed by atoms with Gasteiger partial charge in [0.1, 0.15) is 23.2 Å². The third-order valence-corrected chi connectivity index (χ3v) is 4.21. The number of ether oxygens (including phenoxy) is 3. The Morgan fingerprint density at radius 2 is 1.81 bits per heavy atom. The molecule has 3 aromatic rings. The molecule has 0 unspecified atom stereocenters. The average molecular weight is 432 g/mol. The molecular weight excluding hydrogens is 412 g/mol. The van der Waals surface area contributed by atoms with Crippen molar-refractivity contribution in [3.05, 3.63) is 83.8 Å². The number of carbonyl (C=O) groups is 2. The van der Waals surface area contributed by atoms with E-state index in [4.69, 9.17) is 18.6 Å². The van der Waals surface area contributed by atoms with Crippen molar-refractivity contribution in [1.29, 1.82) is 5.26 Å². The van der Waals surface area contributed by atoms with Crippen LogP contribution in [0, 0.1) is 11.3 Å². The number of methoxy groups -OCH3 is 1. The van der Waals surface area contributed by atoms with Crippen molar-refractivity contribution in [2.24, 2.45) is 0 Å². The Hall–Kier alpha value is -4.51. The number of nitrogens with zero attached hydrogens (tertiary/aromatic N) is 1. The number of nitriles is 1. The van der Waals surface area contributed by atoms with Crippen molar-refractivity contribution in [1.82, 2.24) is 5.32 Å². The number of para-hydroxylation sites is 2. The SMILES string of the molecule is COc1ccccc1OCC(=O)Oc1ccc(/C=C(\C#N)C(=O)NCc2ccco2)cc1. The molecule has 8 heteroatoms. The lowest BCUT2D eigenvalue weighted by molar-refractivity contribution is -0.136. The van der Waals surface area contributed by atoms with Crippen LogP contribution in [0.3, 0.4) is 0 Å². The number of rotatable bonds is 9. The minimum absolute atomic E-state index is 0.0634. The molecule has 2 aromatic carbocycles. The summed E-state index contributed by atoms with van der Waals surface area (Å²) in [4.78, 5) is 24.2. The van der Waals surface area contributed by atoms with Gasteiger partial charge in [0.15, 0.2) is 18.1 Å². The molecule has 1 N–H and O–H groups in total. The van der Waals surface area contributed by atoms with Crippen molar-refractivity contribution in [3.63, 3.8) is 0 Å². The quantitative estimate of drug-likeness (QED) is 0.238. The molecule has 0 saturated carbocycles. The molecule has 0 radical (unpaired) electrons. The van der Waals surface area contributed by atoms with E-state index in [0.29, 0.717) is 28.6 Å². The standard InChI is InChI=1S/C24H20N2O6/c1-29-21-6-2-3-7-22(21)31-16-23(27)32-19-10-8-17(9-11-19)13-18(14-25)24(28)26-15-20-5-4-12-30-20/h2-13H,15-16H2,1H3,(H,26,28)/b18-13+. The van der Waals surface area contributed by atoms with E-state index in [2.05, 4.69) is 5.32 Å². The van der Waals surface area contributed by atoms with Gasteiger partial charge in [0, 0.05) is 0 Å². The molecule has 0 aliphatic rings. The summed E-state index contributed by atoms with van der Waals surface area (Å²) in [6, 6.07) is 18.6. The summed E-state index contributed by atoms with van der Waals surface area (Å²) in [5, 5.41) is 11.9. The third kappa shape index (κ3) is 6.24. The van der Waals surface area contributed by atoms with Crippen LogP contribution in [-0.4, -0.2) is 25.6 Å². The normalized spacial score (nSPS) is 10.7. The summed E-state index contributed by atoms with van der Waals surface area (Å²) in [6.07, 6.45) is 2.94. The molecule has 162 valence electrons. The van der Waals surface area contributed by atoms with E-state index in [1.807, 2.05) is 6.07 Å². The summed E-state index contributed by atoms with van der Waals surface area (Å²) in [5.41, 5.74) is 0.534. The molecule has 0 spiro atoms. The molecule has 0 saturated heterocycles. The first-order chi connectivity index (χ1) is 15.6. The number of benzene rings is 2. The highest BCUT2D eigenvalue weighted by atomic mass is 16.6. The second-order valence-electron chi connectivity index (χ2n) is 6.41. The number of hydrogen-bond donors (Lipinski definition) is 1. The van der Waals surface area contributed by atoms with Gasteiger partial charge in [-0.15, -0.1) is 0 Å². The maximum absolute atomic E-state index is 12.2. The van der Waals surface area contributed by atoms with Gasteiger partial charge in [-0.1, -0.05) is 24.3 Å². The zero-order valence-corrected chi connectivity index (χ0v) is 17.2. The van der Waals surface area contributed by atoms with Crippen LogP contribution in [0.1, 0.15) is 11.3 Å². The van der Waals surface area contributed by atoms with Crippen LogP contribution in [0.5, 0.6) is 17.2 Å². The fourth-order valence-electron chi connectivity index (χ4n) is 2.66. The van der Waals surface area contributed by atoms with Crippen molar-refractivity contribution >= 4 is 18.0 Å². The number of nitrogens with one attached hydrogen (secondary N) is 1. The maximum Gasteiger partial charge on any atom is 0.349 e. The van der Waals surface area contributed by atoms with Crippen molar-refractivity contribution < 1.29 is 28.2 Å². The highest BCUT2D eigenvalue weighted by molar-refractivity contribution is 6.01. The van der Waals surface area contributed by atoms with E-state index in [-0.39, 0.29) is 18.7 Å². The van der Waals surface area contributed by atoms with Crippen LogP contribution in [0.15, 0.2) is 76.9 Å². The van der Waals surface area contributed by atoms with Gasteiger partial charge in [0.05, 0.1) is 19.9 Å². The van der Waals surface area contributed by atoms with Gasteiger partial charge in [-0.3, -0.25) is 4.79 Å². The zero-order valence-electron chi connectivity index (χ0n) is 17.2. The third-order valence-electron chi connectivity index (χ3n) is 4.21. The highest BCUT2D eigenvalue weighted by Gasteiger charge is 2.11. The minimum Gasteiger partial charge on any atom is -0.493 e. The predicted molar refractivity (Wildman–Crippen MR) is 115 cm³/mol. The minimum atomic E-state index is -0.589. The summed E-state index contributed by atoms with van der Waals surface area (Å²) in [6.45, 7) is -0.118. The smallest absolute Gasteiger partial charge is 0.349 e. The zero-order chi connectivity index (χ0) is 22.8. The molecule has 1 heterocycles. The first-order valence-electron chi connectivity index (χ1n) is 9.58. The Labute approximate surface area is 184 Å². The molecule has 32 heavy (non-hydrogen) atoms. The maximum atomic E-state index is 12.2. The molecule has 0 bridgehead atoms. The monoisotopic (exact) mass is 432 g/mol. The molecule has 1 amide bonds. The highest BCUT2D eigenvalue weighted by Crippen LogP contribution is 2.25. The van der Waals surface area contributed by atoms with Crippen LogP contribution in [-0.2, 0) is 16.1 Å². The lowest BCUT2D eigenvalue weighted by Crippen LogP contribution is -2.23. The Kier molecular flexibility index (Phi) is 7.65. The number of carbonyl (C=O) groups excluding carboxylic acids is 2. The fraction of sp³-hybridized carbons (Fsp3) is 0.125. The summed E-state index contributed by atoms with van der Waals surface area (Å²) < 4.78 is 21.0. The number of furan rings is 1. The molecule has 0 atom stereocenters. The Morgan fingerprint density at radius 1 is 1.06 bits per heavy atom. The molecule has 1 aromatic heterocycles. The molecule has 3 rings (SSSR count). The van der Waals surface area contributed by atoms with E-state index < -0.39 is 11.9 Å². The van der Waals surface area contributed by atoms with E-state index >= 15 is 0 Å². The second-order valence-corrected chi connectivity index (χ2v) is 6.41. The first-order valence-corrected chi connectivity index (χ1v) is 9.58. The van der Waals surface area contributed by atoms with Crippen LogP contribution < -0.4 is 19.5 Å². The van der Waals surface area contributed by atoms with Crippen LogP contribution in [0.4, 0.5) is 0 Å². The van der Waals surface area contributed by atoms with E-state index in [9.17, 15) is 14.9 Å². The van der Waals surface area contributed by atoms with Gasteiger partial charge < -0.3 is 23.9 Å². The van der Waals surface area contributed by atoms with Crippen molar-refractivity contribution in [2.45, 2.75) is 6.54 Å². The molecule has 0 aliphatic heterocycles. The fourth-order valence-corrected chi connectivity index (χ4v) is 2.66. The average Bonchev–Trinajstić information content (AvgIpc) is 3.34. The summed E-state index contributed by atoms with van der Waals surface area (Å²) in [7, 11) is 1.51. The van der Waals surface area contributed by atoms with Crippen LogP contribution >= 0.6 is 0 Å². The Morgan fingerprint density at radius 3 is 2.47 bits per heavy atom. The second kappa shape index (κ2) is 11.0.